The molecule has 0 saturated heterocycles. The summed E-state index contributed by atoms with van der Waals surface area (Å²) in [5.41, 5.74) is 1.54. The van der Waals surface area contributed by atoms with Crippen molar-refractivity contribution in [2.75, 3.05) is 13.2 Å². The Hall–Kier alpha value is -2.51. The Morgan fingerprint density at radius 1 is 1.25 bits per heavy atom. The summed E-state index contributed by atoms with van der Waals surface area (Å²) < 4.78 is 13.8. The molecule has 1 atom stereocenters. The van der Waals surface area contributed by atoms with E-state index in [1.165, 1.54) is 0 Å². The second-order valence-corrected chi connectivity index (χ2v) is 6.31. The number of hydrogen-bond donors (Lipinski definition) is 2. The summed E-state index contributed by atoms with van der Waals surface area (Å²) in [6.45, 7) is 0.541. The summed E-state index contributed by atoms with van der Waals surface area (Å²) in [7, 11) is 0. The largest absolute Gasteiger partial charge is 0.493 e. The fourth-order valence-electron chi connectivity index (χ4n) is 2.88. The molecule has 0 saturated carbocycles. The van der Waals surface area contributed by atoms with Crippen molar-refractivity contribution in [2.24, 2.45) is 0 Å². The fourth-order valence-corrected chi connectivity index (χ4v) is 3.39. The number of aliphatic hydroxyl groups is 1. The minimum atomic E-state index is -1.13. The third-order valence-electron chi connectivity index (χ3n) is 4.22. The van der Waals surface area contributed by atoms with E-state index in [0.29, 0.717) is 35.4 Å². The first-order chi connectivity index (χ1) is 11.7. The van der Waals surface area contributed by atoms with Crippen molar-refractivity contribution >= 4 is 28.7 Å². The molecule has 24 heavy (non-hydrogen) atoms. The van der Waals surface area contributed by atoms with Gasteiger partial charge in [-0.1, -0.05) is 18.2 Å². The third kappa shape index (κ3) is 2.61. The lowest BCUT2D eigenvalue weighted by molar-refractivity contribution is -0.00160. The zero-order valence-electron chi connectivity index (χ0n) is 12.7. The van der Waals surface area contributed by atoms with Crippen molar-refractivity contribution in [3.8, 4) is 5.75 Å². The van der Waals surface area contributed by atoms with Gasteiger partial charge in [0.25, 0.3) is 5.91 Å². The SMILES string of the molecule is O=C(NC[C@]1(O)CCOc2ccccc21)c1ccc2nsnc2c1. The molecule has 1 amide bonds. The summed E-state index contributed by atoms with van der Waals surface area (Å²) in [6.07, 6.45) is 0.430. The van der Waals surface area contributed by atoms with Gasteiger partial charge in [0.05, 0.1) is 24.9 Å². The Bertz CT molecular complexity index is 911. The Balaban J connectivity index is 1.53. The van der Waals surface area contributed by atoms with E-state index < -0.39 is 5.60 Å². The van der Waals surface area contributed by atoms with Crippen LogP contribution in [-0.2, 0) is 5.60 Å². The van der Waals surface area contributed by atoms with E-state index in [9.17, 15) is 9.90 Å². The lowest BCUT2D eigenvalue weighted by atomic mass is 9.88. The van der Waals surface area contributed by atoms with Gasteiger partial charge in [0, 0.05) is 17.5 Å². The van der Waals surface area contributed by atoms with Crippen molar-refractivity contribution < 1.29 is 14.6 Å². The molecule has 1 aliphatic rings. The predicted molar refractivity (Wildman–Crippen MR) is 90.2 cm³/mol. The van der Waals surface area contributed by atoms with Gasteiger partial charge in [-0.3, -0.25) is 4.79 Å². The molecule has 2 aromatic carbocycles. The van der Waals surface area contributed by atoms with Crippen LogP contribution in [0, 0.1) is 0 Å². The van der Waals surface area contributed by atoms with Crippen molar-refractivity contribution in [1.82, 2.24) is 14.1 Å². The van der Waals surface area contributed by atoms with Crippen LogP contribution in [0.5, 0.6) is 5.75 Å². The number of nitrogens with one attached hydrogen (secondary N) is 1. The Labute approximate surface area is 142 Å². The minimum absolute atomic E-state index is 0.125. The van der Waals surface area contributed by atoms with Crippen LogP contribution in [0.4, 0.5) is 0 Å². The molecule has 0 aliphatic carbocycles. The summed E-state index contributed by atoms with van der Waals surface area (Å²) in [6, 6.07) is 12.5. The first kappa shape index (κ1) is 15.0. The fraction of sp³-hybridized carbons (Fsp3) is 0.235. The molecule has 2 N–H and O–H groups in total. The molecular formula is C17H15N3O3S. The lowest BCUT2D eigenvalue weighted by Crippen LogP contribution is -2.43. The van der Waals surface area contributed by atoms with Crippen molar-refractivity contribution in [3.05, 3.63) is 53.6 Å². The standard InChI is InChI=1S/C17H15N3O3S/c21-16(11-5-6-13-14(9-11)20-24-19-13)18-10-17(22)7-8-23-15-4-2-1-3-12(15)17/h1-6,9,22H,7-8,10H2,(H,18,21)/t17-/m1/s1. The number of nitrogens with zero attached hydrogens (tertiary/aromatic N) is 2. The number of rotatable bonds is 3. The highest BCUT2D eigenvalue weighted by Crippen LogP contribution is 2.36. The molecule has 4 rings (SSSR count). The first-order valence-electron chi connectivity index (χ1n) is 7.61. The molecular weight excluding hydrogens is 326 g/mol. The van der Waals surface area contributed by atoms with Crippen molar-refractivity contribution in [2.45, 2.75) is 12.0 Å². The highest BCUT2D eigenvalue weighted by Gasteiger charge is 2.35. The van der Waals surface area contributed by atoms with Gasteiger partial charge >= 0.3 is 0 Å². The number of carbonyl (C=O) groups excluding carboxylic acids is 1. The highest BCUT2D eigenvalue weighted by atomic mass is 32.1. The second-order valence-electron chi connectivity index (χ2n) is 5.78. The number of ether oxygens (including phenoxy) is 1. The first-order valence-corrected chi connectivity index (χ1v) is 8.34. The molecule has 0 radical (unpaired) electrons. The van der Waals surface area contributed by atoms with Gasteiger partial charge in [-0.15, -0.1) is 0 Å². The predicted octanol–water partition coefficient (Wildman–Crippen LogP) is 2.09. The molecule has 0 unspecified atom stereocenters. The van der Waals surface area contributed by atoms with E-state index in [2.05, 4.69) is 14.1 Å². The zero-order chi connectivity index (χ0) is 16.6. The van der Waals surface area contributed by atoms with E-state index >= 15 is 0 Å². The molecule has 1 aromatic heterocycles. The maximum absolute atomic E-state index is 12.4. The van der Waals surface area contributed by atoms with E-state index in [1.54, 1.807) is 18.2 Å². The van der Waals surface area contributed by atoms with Crippen LogP contribution in [0.3, 0.4) is 0 Å². The normalized spacial score (nSPS) is 19.5. The summed E-state index contributed by atoms with van der Waals surface area (Å²) in [4.78, 5) is 12.4. The molecule has 6 nitrogen and oxygen atoms in total. The smallest absolute Gasteiger partial charge is 0.251 e. The number of para-hydroxylation sites is 1. The zero-order valence-corrected chi connectivity index (χ0v) is 13.5. The molecule has 0 bridgehead atoms. The molecule has 0 spiro atoms. The number of aromatic nitrogens is 2. The molecule has 122 valence electrons. The van der Waals surface area contributed by atoms with Crippen molar-refractivity contribution in [1.29, 1.82) is 0 Å². The summed E-state index contributed by atoms with van der Waals surface area (Å²) in [5, 5.41) is 13.8. The van der Waals surface area contributed by atoms with Crippen LogP contribution >= 0.6 is 11.7 Å². The third-order valence-corrected chi connectivity index (χ3v) is 4.78. The quantitative estimate of drug-likeness (QED) is 0.762. The van der Waals surface area contributed by atoms with Crippen LogP contribution in [0.1, 0.15) is 22.3 Å². The van der Waals surface area contributed by atoms with Crippen LogP contribution < -0.4 is 10.1 Å². The second kappa shape index (κ2) is 5.85. The number of benzene rings is 2. The van der Waals surface area contributed by atoms with Crippen LogP contribution in [0.2, 0.25) is 0 Å². The van der Waals surface area contributed by atoms with Gasteiger partial charge in [-0.2, -0.15) is 8.75 Å². The Morgan fingerprint density at radius 3 is 3.00 bits per heavy atom. The maximum Gasteiger partial charge on any atom is 0.251 e. The van der Waals surface area contributed by atoms with Gasteiger partial charge in [0.15, 0.2) is 0 Å². The Morgan fingerprint density at radius 2 is 2.08 bits per heavy atom. The average molecular weight is 341 g/mol. The number of carbonyl (C=O) groups is 1. The molecule has 2 heterocycles. The van der Waals surface area contributed by atoms with Gasteiger partial charge in [-0.25, -0.2) is 0 Å². The van der Waals surface area contributed by atoms with E-state index in [1.807, 2.05) is 24.3 Å². The average Bonchev–Trinajstić information content (AvgIpc) is 3.08. The van der Waals surface area contributed by atoms with Gasteiger partial charge < -0.3 is 15.2 Å². The summed E-state index contributed by atoms with van der Waals surface area (Å²) in [5.74, 6) is 0.415. The molecule has 0 fully saturated rings. The molecule has 3 aromatic rings. The van der Waals surface area contributed by atoms with E-state index in [0.717, 1.165) is 17.2 Å². The van der Waals surface area contributed by atoms with Gasteiger partial charge in [-0.05, 0) is 24.3 Å². The number of hydrogen-bond acceptors (Lipinski definition) is 6. The highest BCUT2D eigenvalue weighted by molar-refractivity contribution is 7.00. The van der Waals surface area contributed by atoms with Gasteiger partial charge in [0.2, 0.25) is 0 Å². The van der Waals surface area contributed by atoms with Crippen LogP contribution in [-0.4, -0.2) is 32.9 Å². The lowest BCUT2D eigenvalue weighted by Gasteiger charge is -2.34. The molecule has 7 heteroatoms. The van der Waals surface area contributed by atoms with Crippen LogP contribution in [0.25, 0.3) is 11.0 Å². The number of fused-ring (bicyclic) bond motifs is 2. The van der Waals surface area contributed by atoms with E-state index in [-0.39, 0.29) is 12.5 Å². The van der Waals surface area contributed by atoms with Gasteiger partial charge in [0.1, 0.15) is 22.4 Å². The van der Waals surface area contributed by atoms with Crippen LogP contribution in [0.15, 0.2) is 42.5 Å². The van der Waals surface area contributed by atoms with E-state index in [4.69, 9.17) is 4.74 Å². The maximum atomic E-state index is 12.4. The molecule has 1 aliphatic heterocycles. The Kier molecular flexibility index (Phi) is 3.66. The number of amides is 1. The summed E-state index contributed by atoms with van der Waals surface area (Å²) >= 11 is 1.12. The topological polar surface area (TPSA) is 84.3 Å². The van der Waals surface area contributed by atoms with Crippen molar-refractivity contribution in [3.63, 3.8) is 0 Å². The minimum Gasteiger partial charge on any atom is -0.493 e. The monoisotopic (exact) mass is 341 g/mol.